The van der Waals surface area contributed by atoms with Crippen LogP contribution >= 0.6 is 0 Å². The Labute approximate surface area is 87.1 Å². The number of para-hydroxylation sites is 1. The molecule has 1 aromatic rings. The normalized spacial score (nSPS) is 11.1. The molecule has 0 spiro atoms. The van der Waals surface area contributed by atoms with Crippen molar-refractivity contribution in [2.24, 2.45) is 5.73 Å². The van der Waals surface area contributed by atoms with Gasteiger partial charge >= 0.3 is 0 Å². The van der Waals surface area contributed by atoms with E-state index in [0.29, 0.717) is 5.69 Å². The van der Waals surface area contributed by atoms with Crippen LogP contribution in [-0.4, -0.2) is 22.4 Å². The van der Waals surface area contributed by atoms with Gasteiger partial charge in [0.15, 0.2) is 0 Å². The second-order valence-electron chi connectivity index (χ2n) is 2.46. The van der Waals surface area contributed by atoms with Crippen LogP contribution in [0.1, 0.15) is 6.92 Å². The molecule has 5 heteroatoms. The van der Waals surface area contributed by atoms with Gasteiger partial charge in [0.25, 0.3) is 0 Å². The molecule has 80 valence electrons. The van der Waals surface area contributed by atoms with E-state index in [1.165, 1.54) is 11.4 Å². The largest absolute Gasteiger partial charge is 0.755 e. The summed E-state index contributed by atoms with van der Waals surface area (Å²) in [5.74, 6) is 0. The Morgan fingerprint density at radius 1 is 1.43 bits per heavy atom. The van der Waals surface area contributed by atoms with E-state index in [1.807, 2.05) is 13.0 Å². The molecule has 1 rings (SSSR count). The van der Waals surface area contributed by atoms with Crippen LogP contribution in [0.4, 0.5) is 5.69 Å². The van der Waals surface area contributed by atoms with Crippen molar-refractivity contribution in [3.63, 3.8) is 0 Å². The van der Waals surface area contributed by atoms with Gasteiger partial charge < -0.3 is 14.6 Å². The highest BCUT2D eigenvalue weighted by molar-refractivity contribution is 7.80. The van der Waals surface area contributed by atoms with Gasteiger partial charge in [-0.3, -0.25) is 4.21 Å². The summed E-state index contributed by atoms with van der Waals surface area (Å²) in [6, 6.07) is 8.88. The lowest BCUT2D eigenvalue weighted by Crippen LogP contribution is -2.18. The number of nitrogens with zero attached hydrogens (tertiary/aromatic N) is 1. The Morgan fingerprint density at radius 2 is 1.86 bits per heavy atom. The van der Waals surface area contributed by atoms with E-state index in [2.05, 4.69) is 0 Å². The van der Waals surface area contributed by atoms with Crippen molar-refractivity contribution in [1.82, 2.24) is 0 Å². The second-order valence-corrected chi connectivity index (χ2v) is 3.44. The molecule has 0 heterocycles. The first-order valence-electron chi connectivity index (χ1n) is 4.21. The molecule has 1 aromatic carbocycles. The fraction of sp³-hybridized carbons (Fsp3) is 0.333. The molecule has 0 saturated heterocycles. The van der Waals surface area contributed by atoms with Gasteiger partial charge in [0.2, 0.25) is 0 Å². The zero-order valence-electron chi connectivity index (χ0n) is 8.34. The molecule has 4 nitrogen and oxygen atoms in total. The third-order valence-electron chi connectivity index (χ3n) is 1.34. The van der Waals surface area contributed by atoms with E-state index in [0.717, 1.165) is 6.54 Å². The summed E-state index contributed by atoms with van der Waals surface area (Å²) in [5.41, 5.74) is 5.51. The summed E-state index contributed by atoms with van der Waals surface area (Å²) in [6.07, 6.45) is 0. The van der Waals surface area contributed by atoms with Crippen molar-refractivity contribution in [2.45, 2.75) is 6.92 Å². The van der Waals surface area contributed by atoms with Gasteiger partial charge in [-0.15, -0.1) is 0 Å². The van der Waals surface area contributed by atoms with E-state index in [9.17, 15) is 8.76 Å². The van der Waals surface area contributed by atoms with Gasteiger partial charge in [0, 0.05) is 24.0 Å². The van der Waals surface area contributed by atoms with Crippen molar-refractivity contribution >= 4 is 17.0 Å². The van der Waals surface area contributed by atoms with Crippen LogP contribution in [0.2, 0.25) is 0 Å². The molecule has 1 unspecified atom stereocenters. The summed E-state index contributed by atoms with van der Waals surface area (Å²) in [7, 11) is 1.50. The van der Waals surface area contributed by atoms with Gasteiger partial charge in [-0.1, -0.05) is 25.1 Å². The molecule has 14 heavy (non-hydrogen) atoms. The zero-order chi connectivity index (χ0) is 11.0. The van der Waals surface area contributed by atoms with Crippen molar-refractivity contribution < 1.29 is 8.76 Å². The summed E-state index contributed by atoms with van der Waals surface area (Å²) in [4.78, 5) is 0. The van der Waals surface area contributed by atoms with Gasteiger partial charge in [-0.2, -0.15) is 0 Å². The molecule has 0 aromatic heterocycles. The number of rotatable bonds is 2. The highest BCUT2D eigenvalue weighted by Gasteiger charge is 1.96. The molecule has 0 saturated carbocycles. The van der Waals surface area contributed by atoms with Gasteiger partial charge in [-0.05, 0) is 18.7 Å². The predicted molar refractivity (Wildman–Crippen MR) is 58.5 cm³/mol. The molecular formula is C9H15N2O2S-. The third kappa shape index (κ3) is 4.96. The molecule has 0 aliphatic carbocycles. The van der Waals surface area contributed by atoms with Crippen LogP contribution in [0, 0.1) is 0 Å². The Balaban J connectivity index is 0.000000500. The fourth-order valence-corrected chi connectivity index (χ4v) is 1.02. The number of anilines is 1. The molecule has 0 amide bonds. The maximum atomic E-state index is 10.4. The fourth-order valence-electron chi connectivity index (χ4n) is 0.724. The Morgan fingerprint density at radius 3 is 2.21 bits per heavy atom. The highest BCUT2D eigenvalue weighted by atomic mass is 32.2. The Kier molecular flexibility index (Phi) is 7.00. The Bertz CT molecular complexity index is 267. The zero-order valence-corrected chi connectivity index (χ0v) is 9.16. The molecule has 0 radical (unpaired) electrons. The van der Waals surface area contributed by atoms with Gasteiger partial charge in [-0.25, -0.2) is 0 Å². The maximum absolute atomic E-state index is 10.4. The minimum atomic E-state index is -2.18. The molecule has 0 aliphatic rings. The standard InChI is InChI=1S/C7H9NO2S.C2H7N/c1-8(11(9)10)7-5-3-2-4-6-7;1-2-3/h2-6H,1H3,(H,9,10);2-3H2,1H3/p-1. The molecule has 0 fully saturated rings. The van der Waals surface area contributed by atoms with Crippen molar-refractivity contribution in [3.05, 3.63) is 30.3 Å². The molecule has 1 atom stereocenters. The van der Waals surface area contributed by atoms with E-state index in [1.54, 1.807) is 24.3 Å². The smallest absolute Gasteiger partial charge is 0.0479 e. The van der Waals surface area contributed by atoms with Crippen LogP contribution in [0.3, 0.4) is 0 Å². The summed E-state index contributed by atoms with van der Waals surface area (Å²) in [5, 5.41) is 0. The first-order chi connectivity index (χ1) is 6.63. The van der Waals surface area contributed by atoms with E-state index < -0.39 is 11.3 Å². The first-order valence-corrected chi connectivity index (χ1v) is 5.24. The summed E-state index contributed by atoms with van der Waals surface area (Å²) >= 11 is -2.18. The van der Waals surface area contributed by atoms with Crippen molar-refractivity contribution in [1.29, 1.82) is 0 Å². The average molecular weight is 215 g/mol. The second kappa shape index (κ2) is 7.49. The average Bonchev–Trinajstić information content (AvgIpc) is 2.19. The highest BCUT2D eigenvalue weighted by Crippen LogP contribution is 2.11. The topological polar surface area (TPSA) is 69.4 Å². The summed E-state index contributed by atoms with van der Waals surface area (Å²) in [6.45, 7) is 2.65. The van der Waals surface area contributed by atoms with Crippen LogP contribution in [0.5, 0.6) is 0 Å². The number of benzene rings is 1. The number of hydrogen-bond acceptors (Lipinski definition) is 3. The third-order valence-corrected chi connectivity index (χ3v) is 2.00. The van der Waals surface area contributed by atoms with Gasteiger partial charge in [0.1, 0.15) is 0 Å². The lowest BCUT2D eigenvalue weighted by molar-refractivity contribution is 0.535. The first kappa shape index (κ1) is 13.1. The van der Waals surface area contributed by atoms with Crippen LogP contribution < -0.4 is 10.0 Å². The van der Waals surface area contributed by atoms with Crippen LogP contribution in [0.25, 0.3) is 0 Å². The molecule has 0 aliphatic heterocycles. The quantitative estimate of drug-likeness (QED) is 0.745. The van der Waals surface area contributed by atoms with E-state index in [4.69, 9.17) is 5.73 Å². The molecule has 2 N–H and O–H groups in total. The maximum Gasteiger partial charge on any atom is 0.0479 e. The lowest BCUT2D eigenvalue weighted by Gasteiger charge is -2.20. The van der Waals surface area contributed by atoms with Crippen molar-refractivity contribution in [3.8, 4) is 0 Å². The van der Waals surface area contributed by atoms with Gasteiger partial charge in [0.05, 0.1) is 0 Å². The predicted octanol–water partition coefficient (Wildman–Crippen LogP) is 0.882. The minimum Gasteiger partial charge on any atom is -0.755 e. The molecular weight excluding hydrogens is 200 g/mol. The van der Waals surface area contributed by atoms with Crippen molar-refractivity contribution in [2.75, 3.05) is 17.9 Å². The number of hydrogen-bond donors (Lipinski definition) is 1. The van der Waals surface area contributed by atoms with Crippen LogP contribution in [-0.2, 0) is 11.3 Å². The SMILES string of the molecule is CCN.CN(c1ccccc1)S(=O)[O-]. The summed E-state index contributed by atoms with van der Waals surface area (Å²) < 4.78 is 22.0. The number of nitrogens with two attached hydrogens (primary N) is 1. The monoisotopic (exact) mass is 215 g/mol. The van der Waals surface area contributed by atoms with E-state index in [-0.39, 0.29) is 0 Å². The van der Waals surface area contributed by atoms with Crippen LogP contribution in [0.15, 0.2) is 30.3 Å². The lowest BCUT2D eigenvalue weighted by atomic mass is 10.3. The molecule has 0 bridgehead atoms. The van der Waals surface area contributed by atoms with E-state index >= 15 is 0 Å². The minimum absolute atomic E-state index is 0.667. The Hall–Kier alpha value is -0.910.